The topological polar surface area (TPSA) is 12.0 Å². The zero-order valence-corrected chi connectivity index (χ0v) is 13.2. The molecule has 19 heavy (non-hydrogen) atoms. The standard InChI is InChI=1S/C18H29N/c1-6-15-9-7-8-14(3)17(15)19-16-10-13(2)11-18(4,5)12-16/h7-9,13,16,19H,6,10-12H2,1-5H3. The Morgan fingerprint density at radius 3 is 2.63 bits per heavy atom. The molecule has 0 aromatic heterocycles. The summed E-state index contributed by atoms with van der Waals surface area (Å²) in [6.45, 7) is 11.7. The van der Waals surface area contributed by atoms with E-state index in [1.165, 1.54) is 36.1 Å². The second-order valence-corrected chi connectivity index (χ2v) is 7.22. The van der Waals surface area contributed by atoms with Gasteiger partial charge >= 0.3 is 0 Å². The van der Waals surface area contributed by atoms with Gasteiger partial charge in [-0.2, -0.15) is 0 Å². The number of para-hydroxylation sites is 1. The van der Waals surface area contributed by atoms with Gasteiger partial charge < -0.3 is 5.32 Å². The fourth-order valence-electron chi connectivity index (χ4n) is 3.89. The fraction of sp³-hybridized carbons (Fsp3) is 0.667. The lowest BCUT2D eigenvalue weighted by molar-refractivity contribution is 0.178. The number of hydrogen-bond donors (Lipinski definition) is 1. The van der Waals surface area contributed by atoms with Crippen molar-refractivity contribution in [3.05, 3.63) is 29.3 Å². The maximum atomic E-state index is 3.85. The van der Waals surface area contributed by atoms with Gasteiger partial charge in [0.05, 0.1) is 0 Å². The molecule has 1 aliphatic rings. The first-order valence-electron chi connectivity index (χ1n) is 7.76. The van der Waals surface area contributed by atoms with Crippen LogP contribution in [0, 0.1) is 18.3 Å². The van der Waals surface area contributed by atoms with E-state index in [0.717, 1.165) is 12.3 Å². The quantitative estimate of drug-likeness (QED) is 0.788. The van der Waals surface area contributed by atoms with E-state index in [-0.39, 0.29) is 0 Å². The summed E-state index contributed by atoms with van der Waals surface area (Å²) in [7, 11) is 0. The van der Waals surface area contributed by atoms with Gasteiger partial charge in [-0.15, -0.1) is 0 Å². The molecule has 0 aliphatic heterocycles. The van der Waals surface area contributed by atoms with E-state index in [4.69, 9.17) is 0 Å². The van der Waals surface area contributed by atoms with Gasteiger partial charge in [-0.25, -0.2) is 0 Å². The van der Waals surface area contributed by atoms with Crippen LogP contribution in [0.25, 0.3) is 0 Å². The minimum Gasteiger partial charge on any atom is -0.382 e. The number of nitrogens with one attached hydrogen (secondary N) is 1. The Bertz CT molecular complexity index is 433. The summed E-state index contributed by atoms with van der Waals surface area (Å²) in [4.78, 5) is 0. The lowest BCUT2D eigenvalue weighted by Crippen LogP contribution is -2.35. The molecule has 1 heteroatoms. The summed E-state index contributed by atoms with van der Waals surface area (Å²) < 4.78 is 0. The van der Waals surface area contributed by atoms with Crippen LogP contribution in [-0.4, -0.2) is 6.04 Å². The summed E-state index contributed by atoms with van der Waals surface area (Å²) in [5, 5.41) is 3.85. The zero-order valence-electron chi connectivity index (χ0n) is 13.2. The Hall–Kier alpha value is -0.980. The van der Waals surface area contributed by atoms with E-state index in [1.54, 1.807) is 0 Å². The molecule has 2 unspecified atom stereocenters. The third-order valence-corrected chi connectivity index (χ3v) is 4.48. The molecule has 2 atom stereocenters. The third-order valence-electron chi connectivity index (χ3n) is 4.48. The van der Waals surface area contributed by atoms with Crippen molar-refractivity contribution in [1.82, 2.24) is 0 Å². The van der Waals surface area contributed by atoms with E-state index >= 15 is 0 Å². The fourth-order valence-corrected chi connectivity index (χ4v) is 3.89. The minimum absolute atomic E-state index is 0.477. The predicted octanol–water partition coefficient (Wildman–Crippen LogP) is 5.18. The molecule has 0 heterocycles. The largest absolute Gasteiger partial charge is 0.382 e. The molecule has 0 radical (unpaired) electrons. The molecule has 0 amide bonds. The van der Waals surface area contributed by atoms with Gasteiger partial charge in [0.25, 0.3) is 0 Å². The molecular formula is C18H29N. The van der Waals surface area contributed by atoms with Crippen molar-refractivity contribution >= 4 is 5.69 Å². The number of hydrogen-bond acceptors (Lipinski definition) is 1. The van der Waals surface area contributed by atoms with Gasteiger partial charge in [0.1, 0.15) is 0 Å². The number of anilines is 1. The van der Waals surface area contributed by atoms with Crippen molar-refractivity contribution in [1.29, 1.82) is 0 Å². The van der Waals surface area contributed by atoms with Crippen LogP contribution in [0.4, 0.5) is 5.69 Å². The van der Waals surface area contributed by atoms with Crippen LogP contribution >= 0.6 is 0 Å². The van der Waals surface area contributed by atoms with Crippen LogP contribution in [0.15, 0.2) is 18.2 Å². The van der Waals surface area contributed by atoms with Gasteiger partial charge in [-0.3, -0.25) is 0 Å². The molecule has 1 aromatic rings. The highest BCUT2D eigenvalue weighted by atomic mass is 14.9. The van der Waals surface area contributed by atoms with Crippen molar-refractivity contribution in [2.24, 2.45) is 11.3 Å². The van der Waals surface area contributed by atoms with Crippen LogP contribution in [0.5, 0.6) is 0 Å². The highest BCUT2D eigenvalue weighted by molar-refractivity contribution is 5.57. The number of benzene rings is 1. The molecule has 0 spiro atoms. The minimum atomic E-state index is 0.477. The van der Waals surface area contributed by atoms with Gasteiger partial charge in [-0.05, 0) is 55.1 Å². The first-order chi connectivity index (χ1) is 8.91. The average Bonchev–Trinajstić information content (AvgIpc) is 2.29. The summed E-state index contributed by atoms with van der Waals surface area (Å²) >= 11 is 0. The van der Waals surface area contributed by atoms with Gasteiger partial charge in [0.15, 0.2) is 0 Å². The Kier molecular flexibility index (Phi) is 4.23. The van der Waals surface area contributed by atoms with E-state index in [2.05, 4.69) is 58.1 Å². The van der Waals surface area contributed by atoms with Gasteiger partial charge in [-0.1, -0.05) is 45.9 Å². The summed E-state index contributed by atoms with van der Waals surface area (Å²) in [6, 6.07) is 7.28. The monoisotopic (exact) mass is 259 g/mol. The molecule has 0 bridgehead atoms. The van der Waals surface area contributed by atoms with E-state index in [1.807, 2.05) is 0 Å². The molecule has 1 nitrogen and oxygen atoms in total. The van der Waals surface area contributed by atoms with E-state index in [0.29, 0.717) is 11.5 Å². The van der Waals surface area contributed by atoms with E-state index < -0.39 is 0 Å². The average molecular weight is 259 g/mol. The molecule has 0 saturated heterocycles. The molecule has 106 valence electrons. The third kappa shape index (κ3) is 3.52. The summed E-state index contributed by atoms with van der Waals surface area (Å²) in [5.74, 6) is 0.829. The first-order valence-corrected chi connectivity index (χ1v) is 7.76. The second-order valence-electron chi connectivity index (χ2n) is 7.22. The SMILES string of the molecule is CCc1cccc(C)c1NC1CC(C)CC(C)(C)C1. The molecule has 1 aliphatic carbocycles. The Morgan fingerprint density at radius 1 is 1.26 bits per heavy atom. The van der Waals surface area contributed by atoms with Crippen LogP contribution in [0.2, 0.25) is 0 Å². The zero-order chi connectivity index (χ0) is 14.0. The summed E-state index contributed by atoms with van der Waals surface area (Å²) in [5.41, 5.74) is 4.70. The van der Waals surface area contributed by atoms with Crippen LogP contribution in [0.1, 0.15) is 58.1 Å². The molecular weight excluding hydrogens is 230 g/mol. The van der Waals surface area contributed by atoms with Gasteiger partial charge in [0.2, 0.25) is 0 Å². The van der Waals surface area contributed by atoms with Crippen LogP contribution < -0.4 is 5.32 Å². The normalized spacial score (nSPS) is 26.2. The predicted molar refractivity (Wildman–Crippen MR) is 84.8 cm³/mol. The Balaban J connectivity index is 2.17. The lowest BCUT2D eigenvalue weighted by atomic mass is 9.70. The Labute approximate surface area is 118 Å². The smallest absolute Gasteiger partial charge is 0.0404 e. The van der Waals surface area contributed by atoms with Crippen molar-refractivity contribution in [3.63, 3.8) is 0 Å². The lowest BCUT2D eigenvalue weighted by Gasteiger charge is -2.40. The van der Waals surface area contributed by atoms with Crippen molar-refractivity contribution in [2.45, 2.75) is 66.3 Å². The molecule has 1 saturated carbocycles. The maximum absolute atomic E-state index is 3.85. The van der Waals surface area contributed by atoms with E-state index in [9.17, 15) is 0 Å². The summed E-state index contributed by atoms with van der Waals surface area (Å²) in [6.07, 6.45) is 5.06. The van der Waals surface area contributed by atoms with Crippen molar-refractivity contribution < 1.29 is 0 Å². The Morgan fingerprint density at radius 2 is 2.00 bits per heavy atom. The number of aryl methyl sites for hydroxylation is 2. The van der Waals surface area contributed by atoms with Gasteiger partial charge in [0, 0.05) is 11.7 Å². The number of rotatable bonds is 3. The van der Waals surface area contributed by atoms with Crippen LogP contribution in [0.3, 0.4) is 0 Å². The maximum Gasteiger partial charge on any atom is 0.0404 e. The second kappa shape index (κ2) is 5.56. The van der Waals surface area contributed by atoms with Crippen LogP contribution in [-0.2, 0) is 6.42 Å². The molecule has 1 fully saturated rings. The highest BCUT2D eigenvalue weighted by Gasteiger charge is 2.32. The first kappa shape index (κ1) is 14.4. The molecule has 2 rings (SSSR count). The highest BCUT2D eigenvalue weighted by Crippen LogP contribution is 2.40. The molecule has 1 aromatic carbocycles. The molecule has 1 N–H and O–H groups in total. The van der Waals surface area contributed by atoms with Crippen molar-refractivity contribution in [3.8, 4) is 0 Å². The van der Waals surface area contributed by atoms with Crippen molar-refractivity contribution in [2.75, 3.05) is 5.32 Å².